The van der Waals surface area contributed by atoms with Gasteiger partial charge in [-0.1, -0.05) is 26.2 Å². The first-order chi connectivity index (χ1) is 23.3. The number of hydrogen-bond acceptors (Lipinski definition) is 9. The van der Waals surface area contributed by atoms with Gasteiger partial charge in [-0.15, -0.1) is 0 Å². The Morgan fingerprint density at radius 3 is 2.19 bits per heavy atom. The standard InChI is InChI=1S/C36H47N7O5/c1-2-3-4-5-16-37-39-33(45)26-6-8-27(9-7-26)42-21-19-40(20-22-42)24-25-14-17-41(18-15-25)28-10-11-29-30(23-28)36(48)43(35(29)47)31-12-13-32(44)38-34(31)46/h6-11,23,25,31,37H,2-5,12-22,24H2,1H3,(H,39,45)(H,38,44,46). The summed E-state index contributed by atoms with van der Waals surface area (Å²) < 4.78 is 0. The van der Waals surface area contributed by atoms with E-state index in [-0.39, 0.29) is 24.7 Å². The van der Waals surface area contributed by atoms with Crippen LogP contribution in [0.2, 0.25) is 0 Å². The first-order valence-corrected chi connectivity index (χ1v) is 17.5. The lowest BCUT2D eigenvalue weighted by atomic mass is 9.95. The van der Waals surface area contributed by atoms with Gasteiger partial charge >= 0.3 is 0 Å². The van der Waals surface area contributed by atoms with Crippen LogP contribution in [-0.4, -0.2) is 97.7 Å². The van der Waals surface area contributed by atoms with Crippen LogP contribution < -0.4 is 26.0 Å². The zero-order valence-electron chi connectivity index (χ0n) is 27.8. The number of imide groups is 2. The number of carbonyl (C=O) groups excluding carboxylic acids is 5. The summed E-state index contributed by atoms with van der Waals surface area (Å²) in [7, 11) is 0. The average Bonchev–Trinajstić information content (AvgIpc) is 3.35. The number of nitrogens with zero attached hydrogens (tertiary/aromatic N) is 4. The Labute approximate surface area is 282 Å². The molecule has 2 aromatic rings. The smallest absolute Gasteiger partial charge is 0.265 e. The fourth-order valence-electron chi connectivity index (χ4n) is 7.26. The quantitative estimate of drug-likeness (QED) is 0.179. The van der Waals surface area contributed by atoms with Crippen molar-refractivity contribution in [1.82, 2.24) is 26.0 Å². The Hall–Kier alpha value is -4.29. The largest absolute Gasteiger partial charge is 0.371 e. The summed E-state index contributed by atoms with van der Waals surface area (Å²) in [6.07, 6.45) is 6.98. The molecule has 48 heavy (non-hydrogen) atoms. The third kappa shape index (κ3) is 7.55. The third-order valence-corrected chi connectivity index (χ3v) is 10.1. The van der Waals surface area contributed by atoms with E-state index < -0.39 is 23.8 Å². The molecule has 0 aliphatic carbocycles. The molecule has 0 radical (unpaired) electrons. The molecule has 4 aliphatic heterocycles. The van der Waals surface area contributed by atoms with Crippen LogP contribution in [0.1, 0.15) is 89.4 Å². The molecule has 0 spiro atoms. The lowest BCUT2D eigenvalue weighted by Crippen LogP contribution is -2.54. The molecule has 0 bridgehead atoms. The van der Waals surface area contributed by atoms with Crippen molar-refractivity contribution >= 4 is 40.9 Å². The number of carbonyl (C=O) groups is 5. The molecule has 4 aliphatic rings. The second-order valence-electron chi connectivity index (χ2n) is 13.4. The van der Waals surface area contributed by atoms with Crippen molar-refractivity contribution in [3.05, 3.63) is 59.2 Å². The fraction of sp³-hybridized carbons (Fsp3) is 0.528. The second-order valence-corrected chi connectivity index (χ2v) is 13.4. The van der Waals surface area contributed by atoms with Gasteiger partial charge in [0.15, 0.2) is 0 Å². The van der Waals surface area contributed by atoms with Gasteiger partial charge in [-0.25, -0.2) is 5.43 Å². The highest BCUT2D eigenvalue weighted by molar-refractivity contribution is 6.23. The van der Waals surface area contributed by atoms with Crippen LogP contribution in [0.4, 0.5) is 11.4 Å². The van der Waals surface area contributed by atoms with Gasteiger partial charge in [0.25, 0.3) is 17.7 Å². The second kappa shape index (κ2) is 15.3. The molecule has 0 aromatic heterocycles. The predicted octanol–water partition coefficient (Wildman–Crippen LogP) is 2.94. The lowest BCUT2D eigenvalue weighted by molar-refractivity contribution is -0.136. The maximum Gasteiger partial charge on any atom is 0.265 e. The SMILES string of the molecule is CCCCCCNNC(=O)c1ccc(N2CCN(CC3CCN(c4ccc5c(c4)C(=O)N(C4CCC(=O)NC4=O)C5=O)CC3)CC2)cc1. The minimum Gasteiger partial charge on any atom is -0.371 e. The first kappa shape index (κ1) is 33.6. The highest BCUT2D eigenvalue weighted by atomic mass is 16.2. The van der Waals surface area contributed by atoms with E-state index in [2.05, 4.69) is 37.8 Å². The van der Waals surface area contributed by atoms with E-state index in [1.807, 2.05) is 30.3 Å². The van der Waals surface area contributed by atoms with Gasteiger partial charge in [-0.05, 0) is 74.1 Å². The molecule has 1 atom stereocenters. The van der Waals surface area contributed by atoms with Gasteiger partial charge in [-0.2, -0.15) is 0 Å². The topological polar surface area (TPSA) is 134 Å². The molecule has 12 heteroatoms. The normalized spacial score (nSPS) is 20.7. The number of fused-ring (bicyclic) bond motifs is 1. The molecule has 12 nitrogen and oxygen atoms in total. The number of rotatable bonds is 12. The maximum absolute atomic E-state index is 13.3. The molecule has 2 aromatic carbocycles. The van der Waals surface area contributed by atoms with Gasteiger partial charge in [0, 0.05) is 75.7 Å². The molecule has 6 rings (SSSR count). The monoisotopic (exact) mass is 657 g/mol. The van der Waals surface area contributed by atoms with Crippen LogP contribution in [0.3, 0.4) is 0 Å². The number of piperidine rings is 2. The van der Waals surface area contributed by atoms with Gasteiger partial charge in [0.05, 0.1) is 11.1 Å². The Morgan fingerprint density at radius 1 is 0.792 bits per heavy atom. The maximum atomic E-state index is 13.3. The number of amides is 5. The van der Waals surface area contributed by atoms with Crippen molar-refractivity contribution in [2.24, 2.45) is 5.92 Å². The summed E-state index contributed by atoms with van der Waals surface area (Å²) in [4.78, 5) is 71.0. The molecule has 5 amide bonds. The van der Waals surface area contributed by atoms with Crippen molar-refractivity contribution in [2.45, 2.75) is 64.3 Å². The number of unbranched alkanes of at least 4 members (excludes halogenated alkanes) is 3. The number of benzene rings is 2. The van der Waals surface area contributed by atoms with Crippen LogP contribution in [-0.2, 0) is 9.59 Å². The Bertz CT molecular complexity index is 1510. The van der Waals surface area contributed by atoms with Crippen molar-refractivity contribution in [1.29, 1.82) is 0 Å². The van der Waals surface area contributed by atoms with Gasteiger partial charge in [-0.3, -0.25) is 44.5 Å². The zero-order chi connectivity index (χ0) is 33.6. The summed E-state index contributed by atoms with van der Waals surface area (Å²) >= 11 is 0. The zero-order valence-corrected chi connectivity index (χ0v) is 27.8. The summed E-state index contributed by atoms with van der Waals surface area (Å²) in [6.45, 7) is 9.65. The number of hydrogen-bond donors (Lipinski definition) is 3. The molecular formula is C36H47N7O5. The molecule has 3 fully saturated rings. The number of nitrogens with one attached hydrogen (secondary N) is 3. The number of piperazine rings is 1. The number of anilines is 2. The Balaban J connectivity index is 0.934. The third-order valence-electron chi connectivity index (χ3n) is 10.1. The van der Waals surface area contributed by atoms with E-state index >= 15 is 0 Å². The summed E-state index contributed by atoms with van der Waals surface area (Å²) in [5, 5.41) is 2.24. The summed E-state index contributed by atoms with van der Waals surface area (Å²) in [6, 6.07) is 12.3. The molecule has 3 saturated heterocycles. The van der Waals surface area contributed by atoms with Gasteiger partial charge in [0.2, 0.25) is 11.8 Å². The van der Waals surface area contributed by atoms with E-state index in [9.17, 15) is 24.0 Å². The van der Waals surface area contributed by atoms with E-state index in [1.165, 1.54) is 19.3 Å². The molecule has 3 N–H and O–H groups in total. The minimum absolute atomic E-state index is 0.104. The van der Waals surface area contributed by atoms with E-state index in [0.29, 0.717) is 22.6 Å². The van der Waals surface area contributed by atoms with Crippen LogP contribution >= 0.6 is 0 Å². The Morgan fingerprint density at radius 2 is 1.48 bits per heavy atom. The molecular weight excluding hydrogens is 610 g/mol. The predicted molar refractivity (Wildman–Crippen MR) is 183 cm³/mol. The summed E-state index contributed by atoms with van der Waals surface area (Å²) in [5.74, 6) is -1.44. The summed E-state index contributed by atoms with van der Waals surface area (Å²) in [5.41, 5.74) is 9.17. The van der Waals surface area contributed by atoms with Crippen molar-refractivity contribution < 1.29 is 24.0 Å². The highest BCUT2D eigenvalue weighted by Crippen LogP contribution is 2.32. The number of hydrazine groups is 1. The molecule has 256 valence electrons. The highest BCUT2D eigenvalue weighted by Gasteiger charge is 2.44. The first-order valence-electron chi connectivity index (χ1n) is 17.5. The van der Waals surface area contributed by atoms with Crippen LogP contribution in [0.5, 0.6) is 0 Å². The minimum atomic E-state index is -0.956. The lowest BCUT2D eigenvalue weighted by Gasteiger charge is -2.40. The fourth-order valence-corrected chi connectivity index (χ4v) is 7.26. The van der Waals surface area contributed by atoms with Gasteiger partial charge < -0.3 is 9.80 Å². The van der Waals surface area contributed by atoms with Crippen molar-refractivity contribution in [2.75, 3.05) is 62.2 Å². The van der Waals surface area contributed by atoms with Crippen LogP contribution in [0, 0.1) is 5.92 Å². The Kier molecular flexibility index (Phi) is 10.7. The van der Waals surface area contributed by atoms with E-state index in [4.69, 9.17) is 0 Å². The van der Waals surface area contributed by atoms with Crippen molar-refractivity contribution in [3.8, 4) is 0 Å². The van der Waals surface area contributed by atoms with Crippen LogP contribution in [0.15, 0.2) is 42.5 Å². The average molecular weight is 658 g/mol. The van der Waals surface area contributed by atoms with E-state index in [1.54, 1.807) is 12.1 Å². The molecule has 4 heterocycles. The molecule has 1 unspecified atom stereocenters. The van der Waals surface area contributed by atoms with Crippen LogP contribution in [0.25, 0.3) is 0 Å². The molecule has 0 saturated carbocycles. The van der Waals surface area contributed by atoms with Gasteiger partial charge in [0.1, 0.15) is 6.04 Å². The van der Waals surface area contributed by atoms with Crippen molar-refractivity contribution in [3.63, 3.8) is 0 Å². The van der Waals surface area contributed by atoms with E-state index in [0.717, 1.165) is 87.9 Å².